The topological polar surface area (TPSA) is 76.7 Å². The third-order valence-electron chi connectivity index (χ3n) is 2.81. The van der Waals surface area contributed by atoms with E-state index in [9.17, 15) is 9.59 Å². The number of terminal acetylenes is 1. The van der Waals surface area contributed by atoms with E-state index in [-0.39, 0.29) is 12.3 Å². The molecule has 1 saturated heterocycles. The number of benzene rings is 1. The van der Waals surface area contributed by atoms with E-state index in [4.69, 9.17) is 15.9 Å². The van der Waals surface area contributed by atoms with Crippen molar-refractivity contribution in [2.24, 2.45) is 0 Å². The summed E-state index contributed by atoms with van der Waals surface area (Å²) in [4.78, 5) is 22.6. The lowest BCUT2D eigenvalue weighted by atomic mass is 10.1. The summed E-state index contributed by atoms with van der Waals surface area (Å²) < 4.78 is 10.7. The van der Waals surface area contributed by atoms with E-state index in [2.05, 4.69) is 16.6 Å². The number of methoxy groups -OCH3 is 1. The standard InChI is InChI=1S/C15H14N2O4/c1-4-5-21-13-9(2)6-10(8-12(13)20-3)7-11-14(18)17-15(19)16-11/h1,6-8H,5H2,2-3H3,(H2,16,17,18,19)/b11-7+. The maximum Gasteiger partial charge on any atom is 0.326 e. The van der Waals surface area contributed by atoms with Crippen molar-refractivity contribution in [3.8, 4) is 23.8 Å². The first-order chi connectivity index (χ1) is 10.0. The fourth-order valence-corrected chi connectivity index (χ4v) is 1.95. The minimum absolute atomic E-state index is 0.135. The second-order valence-corrected chi connectivity index (χ2v) is 4.33. The monoisotopic (exact) mass is 286 g/mol. The smallest absolute Gasteiger partial charge is 0.326 e. The van der Waals surface area contributed by atoms with Gasteiger partial charge in [0.1, 0.15) is 12.3 Å². The van der Waals surface area contributed by atoms with Crippen LogP contribution in [0.3, 0.4) is 0 Å². The molecule has 1 aromatic carbocycles. The number of rotatable bonds is 4. The maximum absolute atomic E-state index is 11.5. The molecule has 1 aliphatic rings. The summed E-state index contributed by atoms with van der Waals surface area (Å²) in [6.07, 6.45) is 6.73. The molecule has 2 rings (SSSR count). The first-order valence-electron chi connectivity index (χ1n) is 6.14. The van der Waals surface area contributed by atoms with Gasteiger partial charge in [-0.1, -0.05) is 5.92 Å². The van der Waals surface area contributed by atoms with Gasteiger partial charge < -0.3 is 14.8 Å². The zero-order valence-corrected chi connectivity index (χ0v) is 11.6. The average molecular weight is 286 g/mol. The Kier molecular flexibility index (Phi) is 4.14. The molecule has 3 amide bonds. The Balaban J connectivity index is 2.37. The summed E-state index contributed by atoms with van der Waals surface area (Å²) in [6, 6.07) is 2.96. The highest BCUT2D eigenvalue weighted by Crippen LogP contribution is 2.33. The fraction of sp³-hybridized carbons (Fsp3) is 0.200. The Morgan fingerprint density at radius 3 is 2.67 bits per heavy atom. The van der Waals surface area contributed by atoms with E-state index in [1.165, 1.54) is 7.11 Å². The molecule has 2 N–H and O–H groups in total. The second kappa shape index (κ2) is 6.01. The molecule has 6 nitrogen and oxygen atoms in total. The van der Waals surface area contributed by atoms with Gasteiger partial charge in [-0.25, -0.2) is 4.79 Å². The summed E-state index contributed by atoms with van der Waals surface area (Å²) in [5.74, 6) is 2.98. The summed E-state index contributed by atoms with van der Waals surface area (Å²) >= 11 is 0. The van der Waals surface area contributed by atoms with Crippen molar-refractivity contribution in [1.29, 1.82) is 0 Å². The van der Waals surface area contributed by atoms with Crippen LogP contribution < -0.4 is 20.1 Å². The highest BCUT2D eigenvalue weighted by Gasteiger charge is 2.23. The van der Waals surface area contributed by atoms with Crippen molar-refractivity contribution in [2.75, 3.05) is 13.7 Å². The molecule has 0 radical (unpaired) electrons. The predicted octanol–water partition coefficient (Wildman–Crippen LogP) is 1.20. The number of imide groups is 1. The van der Waals surface area contributed by atoms with Crippen molar-refractivity contribution < 1.29 is 19.1 Å². The zero-order valence-electron chi connectivity index (χ0n) is 11.6. The lowest BCUT2D eigenvalue weighted by molar-refractivity contribution is -0.115. The molecule has 0 unspecified atom stereocenters. The number of carbonyl (C=O) groups is 2. The Hall–Kier alpha value is -2.94. The van der Waals surface area contributed by atoms with Crippen molar-refractivity contribution in [2.45, 2.75) is 6.92 Å². The second-order valence-electron chi connectivity index (χ2n) is 4.33. The van der Waals surface area contributed by atoms with Crippen LogP contribution in [0.15, 0.2) is 17.8 Å². The van der Waals surface area contributed by atoms with E-state index in [1.807, 2.05) is 6.92 Å². The van der Waals surface area contributed by atoms with Crippen molar-refractivity contribution in [1.82, 2.24) is 10.6 Å². The molecule has 0 aliphatic carbocycles. The van der Waals surface area contributed by atoms with Gasteiger partial charge in [-0.05, 0) is 36.3 Å². The number of urea groups is 1. The Labute approximate surface area is 122 Å². The number of ether oxygens (including phenoxy) is 2. The number of amides is 3. The molecule has 108 valence electrons. The van der Waals surface area contributed by atoms with Crippen LogP contribution in [0.5, 0.6) is 11.5 Å². The van der Waals surface area contributed by atoms with Crippen molar-refractivity contribution in [3.63, 3.8) is 0 Å². The van der Waals surface area contributed by atoms with Gasteiger partial charge in [0, 0.05) is 0 Å². The molecule has 0 atom stereocenters. The first kappa shape index (κ1) is 14.5. The van der Waals surface area contributed by atoms with Crippen LogP contribution in [-0.2, 0) is 4.79 Å². The Morgan fingerprint density at radius 2 is 2.10 bits per heavy atom. The summed E-state index contributed by atoms with van der Waals surface area (Å²) in [7, 11) is 1.51. The van der Waals surface area contributed by atoms with Crippen LogP contribution in [-0.4, -0.2) is 25.7 Å². The van der Waals surface area contributed by atoms with Crippen LogP contribution in [0, 0.1) is 19.3 Å². The van der Waals surface area contributed by atoms with E-state index < -0.39 is 11.9 Å². The molecular weight excluding hydrogens is 272 g/mol. The van der Waals surface area contributed by atoms with Gasteiger partial charge in [-0.15, -0.1) is 6.42 Å². The van der Waals surface area contributed by atoms with E-state index in [0.717, 1.165) is 5.56 Å². The molecule has 6 heteroatoms. The molecule has 1 fully saturated rings. The summed E-state index contributed by atoms with van der Waals surface area (Å²) in [5.41, 5.74) is 1.68. The molecule has 21 heavy (non-hydrogen) atoms. The minimum atomic E-state index is -0.538. The summed E-state index contributed by atoms with van der Waals surface area (Å²) in [5, 5.41) is 4.56. The fourth-order valence-electron chi connectivity index (χ4n) is 1.95. The average Bonchev–Trinajstić information content (AvgIpc) is 2.75. The predicted molar refractivity (Wildman–Crippen MR) is 76.7 cm³/mol. The van der Waals surface area contributed by atoms with E-state index in [1.54, 1.807) is 18.2 Å². The minimum Gasteiger partial charge on any atom is -0.493 e. The third kappa shape index (κ3) is 3.15. The summed E-state index contributed by atoms with van der Waals surface area (Å²) in [6.45, 7) is 1.97. The van der Waals surface area contributed by atoms with Gasteiger partial charge >= 0.3 is 6.03 Å². The number of aryl methyl sites for hydroxylation is 1. The van der Waals surface area contributed by atoms with E-state index >= 15 is 0 Å². The van der Waals surface area contributed by atoms with Crippen LogP contribution in [0.25, 0.3) is 6.08 Å². The number of hydrogen-bond donors (Lipinski definition) is 2. The van der Waals surface area contributed by atoms with Crippen molar-refractivity contribution in [3.05, 3.63) is 29.0 Å². The van der Waals surface area contributed by atoms with E-state index in [0.29, 0.717) is 17.1 Å². The molecule has 1 heterocycles. The largest absolute Gasteiger partial charge is 0.493 e. The lowest BCUT2D eigenvalue weighted by Gasteiger charge is -2.12. The van der Waals surface area contributed by atoms with Crippen LogP contribution in [0.1, 0.15) is 11.1 Å². The molecule has 1 aromatic rings. The van der Waals surface area contributed by atoms with Gasteiger partial charge in [0.15, 0.2) is 11.5 Å². The molecule has 0 bridgehead atoms. The Bertz CT molecular complexity index is 671. The first-order valence-corrected chi connectivity index (χ1v) is 6.14. The van der Waals surface area contributed by atoms with Crippen LogP contribution >= 0.6 is 0 Å². The normalized spacial score (nSPS) is 15.4. The SMILES string of the molecule is C#CCOc1c(C)cc(/C=C2/NC(=O)NC2=O)cc1OC. The van der Waals surface area contributed by atoms with Gasteiger partial charge in [-0.2, -0.15) is 0 Å². The molecule has 0 aromatic heterocycles. The third-order valence-corrected chi connectivity index (χ3v) is 2.81. The van der Waals surface area contributed by atoms with Gasteiger partial charge in [-0.3, -0.25) is 10.1 Å². The quantitative estimate of drug-likeness (QED) is 0.495. The molecule has 0 saturated carbocycles. The zero-order chi connectivity index (χ0) is 15.4. The maximum atomic E-state index is 11.5. The molecule has 0 spiro atoms. The van der Waals surface area contributed by atoms with Crippen LogP contribution in [0.2, 0.25) is 0 Å². The molecular formula is C15H14N2O4. The lowest BCUT2D eigenvalue weighted by Crippen LogP contribution is -2.22. The number of nitrogens with one attached hydrogen (secondary N) is 2. The highest BCUT2D eigenvalue weighted by atomic mass is 16.5. The highest BCUT2D eigenvalue weighted by molar-refractivity contribution is 6.14. The van der Waals surface area contributed by atoms with Gasteiger partial charge in [0.2, 0.25) is 0 Å². The number of hydrogen-bond acceptors (Lipinski definition) is 4. The Morgan fingerprint density at radius 1 is 1.33 bits per heavy atom. The molecule has 1 aliphatic heterocycles. The van der Waals surface area contributed by atoms with Crippen LogP contribution in [0.4, 0.5) is 4.79 Å². The van der Waals surface area contributed by atoms with Crippen molar-refractivity contribution >= 4 is 18.0 Å². The van der Waals surface area contributed by atoms with Gasteiger partial charge in [0.05, 0.1) is 7.11 Å². The number of carbonyl (C=O) groups excluding carboxylic acids is 2. The van der Waals surface area contributed by atoms with Gasteiger partial charge in [0.25, 0.3) is 5.91 Å².